The van der Waals surface area contributed by atoms with E-state index in [1.807, 2.05) is 18.7 Å². The monoisotopic (exact) mass is 324 g/mol. The maximum atomic E-state index is 12.6. The van der Waals surface area contributed by atoms with Crippen molar-refractivity contribution in [2.24, 2.45) is 5.92 Å². The molecular formula is C16H24N2O3S. The third kappa shape index (κ3) is 4.06. The molecule has 22 heavy (non-hydrogen) atoms. The zero-order chi connectivity index (χ0) is 16.1. The number of aromatic nitrogens is 1. The Bertz CT molecular complexity index is 521. The molecule has 0 atom stereocenters. The maximum Gasteiger partial charge on any atom is 0.357 e. The van der Waals surface area contributed by atoms with Crippen molar-refractivity contribution >= 4 is 23.2 Å². The summed E-state index contributed by atoms with van der Waals surface area (Å²) in [5, 5.41) is 2.49. The van der Waals surface area contributed by atoms with Crippen LogP contribution in [0.2, 0.25) is 0 Å². The lowest BCUT2D eigenvalue weighted by Crippen LogP contribution is -2.43. The minimum atomic E-state index is -0.429. The number of thiazole rings is 1. The quantitative estimate of drug-likeness (QED) is 0.780. The third-order valence-corrected chi connectivity index (χ3v) is 4.88. The van der Waals surface area contributed by atoms with E-state index in [2.05, 4.69) is 9.72 Å². The number of hydrogen-bond donors (Lipinski definition) is 0. The molecule has 2 rings (SSSR count). The van der Waals surface area contributed by atoms with Crippen LogP contribution in [0.5, 0.6) is 0 Å². The van der Waals surface area contributed by atoms with E-state index in [1.165, 1.54) is 37.7 Å². The zero-order valence-electron chi connectivity index (χ0n) is 13.5. The van der Waals surface area contributed by atoms with E-state index in [-0.39, 0.29) is 11.8 Å². The number of amides is 1. The fraction of sp³-hybridized carbons (Fsp3) is 0.688. The molecule has 1 aromatic rings. The highest BCUT2D eigenvalue weighted by Crippen LogP contribution is 2.26. The maximum absolute atomic E-state index is 12.6. The first-order valence-corrected chi connectivity index (χ1v) is 8.74. The van der Waals surface area contributed by atoms with Gasteiger partial charge in [0, 0.05) is 17.3 Å². The van der Waals surface area contributed by atoms with E-state index in [0.717, 1.165) is 17.8 Å². The van der Waals surface area contributed by atoms with Gasteiger partial charge in [-0.1, -0.05) is 33.1 Å². The summed E-state index contributed by atoms with van der Waals surface area (Å²) in [7, 11) is 1.35. The lowest BCUT2D eigenvalue weighted by atomic mass is 9.93. The topological polar surface area (TPSA) is 59.5 Å². The summed E-state index contributed by atoms with van der Waals surface area (Å²) in [6, 6.07) is 0.300. The van der Waals surface area contributed by atoms with Gasteiger partial charge in [0.1, 0.15) is 5.01 Å². The van der Waals surface area contributed by atoms with Crippen LogP contribution in [-0.2, 0) is 16.1 Å². The molecule has 1 aliphatic carbocycles. The van der Waals surface area contributed by atoms with Crippen molar-refractivity contribution in [2.75, 3.05) is 7.11 Å². The zero-order valence-corrected chi connectivity index (χ0v) is 14.3. The number of methoxy groups -OCH3 is 1. The van der Waals surface area contributed by atoms with Gasteiger partial charge in [0.25, 0.3) is 0 Å². The van der Waals surface area contributed by atoms with Crippen molar-refractivity contribution in [3.05, 3.63) is 16.1 Å². The van der Waals surface area contributed by atoms with Crippen molar-refractivity contribution in [1.29, 1.82) is 0 Å². The van der Waals surface area contributed by atoms with Gasteiger partial charge in [-0.2, -0.15) is 0 Å². The Morgan fingerprint density at radius 2 is 2.05 bits per heavy atom. The van der Waals surface area contributed by atoms with Crippen LogP contribution in [0, 0.1) is 5.92 Å². The van der Waals surface area contributed by atoms with Crippen LogP contribution >= 0.6 is 11.3 Å². The van der Waals surface area contributed by atoms with Crippen LogP contribution < -0.4 is 0 Å². The molecular weight excluding hydrogens is 300 g/mol. The van der Waals surface area contributed by atoms with E-state index < -0.39 is 5.97 Å². The molecule has 1 aromatic heterocycles. The number of carbonyl (C=O) groups excluding carboxylic acids is 2. The molecule has 0 N–H and O–H groups in total. The standard InChI is InChI=1S/C16H24N2O3S/c1-11(2)15(19)18(12-7-5-4-6-8-12)9-14-17-13(10-22-14)16(20)21-3/h10-12H,4-9H2,1-3H3. The van der Waals surface area contributed by atoms with E-state index in [9.17, 15) is 9.59 Å². The summed E-state index contributed by atoms with van der Waals surface area (Å²) in [6.07, 6.45) is 5.74. The van der Waals surface area contributed by atoms with E-state index in [4.69, 9.17) is 0 Å². The number of hydrogen-bond acceptors (Lipinski definition) is 5. The second-order valence-corrected chi connectivity index (χ2v) is 6.97. The Hall–Kier alpha value is -1.43. The summed E-state index contributed by atoms with van der Waals surface area (Å²) in [6.45, 7) is 4.35. The smallest absolute Gasteiger partial charge is 0.357 e. The van der Waals surface area contributed by atoms with Crippen LogP contribution in [0.4, 0.5) is 0 Å². The highest BCUT2D eigenvalue weighted by Gasteiger charge is 2.28. The van der Waals surface area contributed by atoms with Gasteiger partial charge in [-0.15, -0.1) is 11.3 Å². The molecule has 0 aliphatic heterocycles. The largest absolute Gasteiger partial charge is 0.464 e. The lowest BCUT2D eigenvalue weighted by Gasteiger charge is -2.35. The molecule has 0 radical (unpaired) electrons. The minimum absolute atomic E-state index is 0.0260. The number of carbonyl (C=O) groups is 2. The fourth-order valence-corrected chi connectivity index (χ4v) is 3.60. The summed E-state index contributed by atoms with van der Waals surface area (Å²) in [5.74, 6) is -0.286. The highest BCUT2D eigenvalue weighted by molar-refractivity contribution is 7.09. The van der Waals surface area contributed by atoms with Crippen LogP contribution in [0.1, 0.15) is 61.4 Å². The molecule has 122 valence electrons. The van der Waals surface area contributed by atoms with Gasteiger partial charge < -0.3 is 9.64 Å². The average molecular weight is 324 g/mol. The van der Waals surface area contributed by atoms with Gasteiger partial charge >= 0.3 is 5.97 Å². The van der Waals surface area contributed by atoms with Gasteiger partial charge in [-0.25, -0.2) is 9.78 Å². The summed E-state index contributed by atoms with van der Waals surface area (Å²) < 4.78 is 4.68. The molecule has 1 amide bonds. The predicted molar refractivity (Wildman–Crippen MR) is 85.7 cm³/mol. The predicted octanol–water partition coefficient (Wildman–Crippen LogP) is 3.25. The number of ether oxygens (including phenoxy) is 1. The summed E-state index contributed by atoms with van der Waals surface area (Å²) in [5.41, 5.74) is 0.322. The number of esters is 1. The molecule has 0 saturated heterocycles. The molecule has 0 aromatic carbocycles. The Kier molecular flexibility index (Phi) is 5.94. The van der Waals surface area contributed by atoms with Crippen LogP contribution in [-0.4, -0.2) is 34.9 Å². The average Bonchev–Trinajstić information content (AvgIpc) is 3.00. The second-order valence-electron chi connectivity index (χ2n) is 6.03. The first kappa shape index (κ1) is 16.9. The molecule has 1 saturated carbocycles. The minimum Gasteiger partial charge on any atom is -0.464 e. The second kappa shape index (κ2) is 7.72. The van der Waals surface area contributed by atoms with Gasteiger partial charge in [0.15, 0.2) is 5.69 Å². The normalized spacial score (nSPS) is 15.8. The van der Waals surface area contributed by atoms with Crippen LogP contribution in [0.15, 0.2) is 5.38 Å². The molecule has 1 fully saturated rings. The third-order valence-electron chi connectivity index (χ3n) is 4.04. The van der Waals surface area contributed by atoms with E-state index in [0.29, 0.717) is 18.3 Å². The van der Waals surface area contributed by atoms with Crippen molar-refractivity contribution in [1.82, 2.24) is 9.88 Å². The van der Waals surface area contributed by atoms with Gasteiger partial charge in [-0.05, 0) is 12.8 Å². The van der Waals surface area contributed by atoms with Crippen molar-refractivity contribution < 1.29 is 14.3 Å². The van der Waals surface area contributed by atoms with Crippen LogP contribution in [0.25, 0.3) is 0 Å². The SMILES string of the molecule is COC(=O)c1csc(CN(C(=O)C(C)C)C2CCCCC2)n1. The first-order valence-electron chi connectivity index (χ1n) is 7.86. The Balaban J connectivity index is 2.13. The Morgan fingerprint density at radius 1 is 1.36 bits per heavy atom. The molecule has 0 unspecified atom stereocenters. The summed E-state index contributed by atoms with van der Waals surface area (Å²) in [4.78, 5) is 30.3. The molecule has 0 spiro atoms. The van der Waals surface area contributed by atoms with E-state index >= 15 is 0 Å². The highest BCUT2D eigenvalue weighted by atomic mass is 32.1. The molecule has 1 aliphatic rings. The fourth-order valence-electron chi connectivity index (χ4n) is 2.84. The van der Waals surface area contributed by atoms with Crippen molar-refractivity contribution in [2.45, 2.75) is 58.5 Å². The lowest BCUT2D eigenvalue weighted by molar-refractivity contribution is -0.138. The van der Waals surface area contributed by atoms with Crippen molar-refractivity contribution in [3.8, 4) is 0 Å². The molecule has 1 heterocycles. The molecule has 0 bridgehead atoms. The molecule has 5 nitrogen and oxygen atoms in total. The number of rotatable bonds is 5. The van der Waals surface area contributed by atoms with E-state index in [1.54, 1.807) is 5.38 Å². The molecule has 6 heteroatoms. The van der Waals surface area contributed by atoms with Crippen molar-refractivity contribution in [3.63, 3.8) is 0 Å². The van der Waals surface area contributed by atoms with Gasteiger partial charge in [0.2, 0.25) is 5.91 Å². The van der Waals surface area contributed by atoms with Gasteiger partial charge in [-0.3, -0.25) is 4.79 Å². The number of nitrogens with zero attached hydrogens (tertiary/aromatic N) is 2. The Morgan fingerprint density at radius 3 is 2.64 bits per heavy atom. The Labute approximate surface area is 135 Å². The van der Waals surface area contributed by atoms with Crippen LogP contribution in [0.3, 0.4) is 0 Å². The van der Waals surface area contributed by atoms with Gasteiger partial charge in [0.05, 0.1) is 13.7 Å². The summed E-state index contributed by atoms with van der Waals surface area (Å²) >= 11 is 1.41. The first-order chi connectivity index (χ1) is 10.5.